The molecule has 0 spiro atoms. The van der Waals surface area contributed by atoms with Crippen LogP contribution in [0.5, 0.6) is 0 Å². The van der Waals surface area contributed by atoms with Crippen LogP contribution in [-0.4, -0.2) is 70.8 Å². The summed E-state index contributed by atoms with van der Waals surface area (Å²) in [6.45, 7) is 10.2. The molecule has 1 aromatic rings. The number of rotatable bonds is 3. The normalized spacial score (nSPS) is 21.3. The van der Waals surface area contributed by atoms with E-state index in [0.29, 0.717) is 12.5 Å². The number of carbonyl (C=O) groups is 1. The van der Waals surface area contributed by atoms with Gasteiger partial charge in [-0.25, -0.2) is 0 Å². The number of nitrogens with one attached hydrogen (secondary N) is 1. The molecule has 1 unspecified atom stereocenters. The minimum Gasteiger partial charge on any atom is -0.341 e. The first-order chi connectivity index (χ1) is 10.6. The minimum absolute atomic E-state index is 0. The standard InChI is InChI=1S/C16H27N5O.2ClH/c1-12-15(13(2)19(3)18-12)10-16(22)21-7-4-14(11-21)20-8-5-17-6-9-20;;/h14,17H,4-11H2,1-3H3;2*1H. The zero-order valence-electron chi connectivity index (χ0n) is 14.7. The van der Waals surface area contributed by atoms with E-state index in [1.807, 2.05) is 30.5 Å². The predicted octanol–water partition coefficient (Wildman–Crippen LogP) is 0.929. The van der Waals surface area contributed by atoms with Crippen LogP contribution in [0.2, 0.25) is 0 Å². The summed E-state index contributed by atoms with van der Waals surface area (Å²) in [4.78, 5) is 17.2. The fraction of sp³-hybridized carbons (Fsp3) is 0.750. The fourth-order valence-corrected chi connectivity index (χ4v) is 3.65. The van der Waals surface area contributed by atoms with Gasteiger partial charge in [-0.3, -0.25) is 14.4 Å². The molecule has 0 saturated carbocycles. The van der Waals surface area contributed by atoms with E-state index in [0.717, 1.165) is 62.6 Å². The molecule has 24 heavy (non-hydrogen) atoms. The first-order valence-corrected chi connectivity index (χ1v) is 8.28. The van der Waals surface area contributed by atoms with Gasteiger partial charge >= 0.3 is 0 Å². The number of piperazine rings is 1. The number of aromatic nitrogens is 2. The highest BCUT2D eigenvalue weighted by atomic mass is 35.5. The molecule has 2 aliphatic heterocycles. The molecule has 2 aliphatic rings. The molecule has 1 aromatic heterocycles. The van der Waals surface area contributed by atoms with Crippen LogP contribution in [0.15, 0.2) is 0 Å². The summed E-state index contributed by atoms with van der Waals surface area (Å²) in [5, 5.41) is 7.80. The van der Waals surface area contributed by atoms with Crippen molar-refractivity contribution >= 4 is 30.7 Å². The Labute approximate surface area is 156 Å². The second-order valence-electron chi connectivity index (χ2n) is 6.52. The highest BCUT2D eigenvalue weighted by molar-refractivity contribution is 5.85. The van der Waals surface area contributed by atoms with Crippen LogP contribution < -0.4 is 5.32 Å². The average molecular weight is 378 g/mol. The van der Waals surface area contributed by atoms with Crippen molar-refractivity contribution in [1.29, 1.82) is 0 Å². The SMILES string of the molecule is Cc1nn(C)c(C)c1CC(=O)N1CCC(N2CCNCC2)C1.Cl.Cl. The minimum atomic E-state index is 0. The van der Waals surface area contributed by atoms with Gasteiger partial charge in [-0.05, 0) is 20.3 Å². The number of aryl methyl sites for hydroxylation is 2. The third-order valence-corrected chi connectivity index (χ3v) is 5.17. The maximum atomic E-state index is 12.6. The van der Waals surface area contributed by atoms with Crippen LogP contribution in [0, 0.1) is 13.8 Å². The molecular formula is C16H29Cl2N5O. The highest BCUT2D eigenvalue weighted by Crippen LogP contribution is 2.19. The third kappa shape index (κ3) is 4.42. The number of amides is 1. The van der Waals surface area contributed by atoms with Crippen LogP contribution in [0.3, 0.4) is 0 Å². The lowest BCUT2D eigenvalue weighted by molar-refractivity contribution is -0.129. The highest BCUT2D eigenvalue weighted by Gasteiger charge is 2.31. The van der Waals surface area contributed by atoms with E-state index in [4.69, 9.17) is 0 Å². The molecule has 6 nitrogen and oxygen atoms in total. The van der Waals surface area contributed by atoms with Gasteiger partial charge in [-0.2, -0.15) is 5.10 Å². The second-order valence-corrected chi connectivity index (χ2v) is 6.52. The van der Waals surface area contributed by atoms with Gasteiger partial charge in [-0.15, -0.1) is 24.8 Å². The molecule has 0 aliphatic carbocycles. The Hall–Kier alpha value is -0.820. The van der Waals surface area contributed by atoms with Gasteiger partial charge in [0, 0.05) is 63.6 Å². The largest absolute Gasteiger partial charge is 0.341 e. The van der Waals surface area contributed by atoms with Gasteiger partial charge in [0.05, 0.1) is 12.1 Å². The summed E-state index contributed by atoms with van der Waals surface area (Å²) in [5.41, 5.74) is 3.17. The van der Waals surface area contributed by atoms with Crippen molar-refractivity contribution in [1.82, 2.24) is 24.9 Å². The lowest BCUT2D eigenvalue weighted by Crippen LogP contribution is -2.49. The number of halogens is 2. The third-order valence-electron chi connectivity index (χ3n) is 5.17. The summed E-state index contributed by atoms with van der Waals surface area (Å²) in [6, 6.07) is 0.544. The van der Waals surface area contributed by atoms with Crippen molar-refractivity contribution in [3.8, 4) is 0 Å². The number of hydrogen-bond acceptors (Lipinski definition) is 4. The first-order valence-electron chi connectivity index (χ1n) is 8.28. The van der Waals surface area contributed by atoms with E-state index >= 15 is 0 Å². The summed E-state index contributed by atoms with van der Waals surface area (Å²) in [7, 11) is 1.94. The Kier molecular flexibility index (Phi) is 7.99. The first kappa shape index (κ1) is 21.2. The van der Waals surface area contributed by atoms with E-state index in [1.54, 1.807) is 0 Å². The predicted molar refractivity (Wildman–Crippen MR) is 100 cm³/mol. The topological polar surface area (TPSA) is 53.4 Å². The van der Waals surface area contributed by atoms with E-state index < -0.39 is 0 Å². The Bertz CT molecular complexity index is 557. The lowest BCUT2D eigenvalue weighted by Gasteiger charge is -2.32. The molecule has 138 valence electrons. The summed E-state index contributed by atoms with van der Waals surface area (Å²) in [6.07, 6.45) is 1.59. The summed E-state index contributed by atoms with van der Waals surface area (Å²) < 4.78 is 1.87. The maximum absolute atomic E-state index is 12.6. The second kappa shape index (κ2) is 9.04. The fourth-order valence-electron chi connectivity index (χ4n) is 3.65. The molecule has 0 radical (unpaired) electrons. The molecule has 0 bridgehead atoms. The van der Waals surface area contributed by atoms with Crippen LogP contribution in [0.4, 0.5) is 0 Å². The molecule has 1 amide bonds. The molecule has 1 N–H and O–H groups in total. The van der Waals surface area contributed by atoms with Crippen LogP contribution in [0.1, 0.15) is 23.4 Å². The van der Waals surface area contributed by atoms with Crippen molar-refractivity contribution < 1.29 is 4.79 Å². The molecule has 0 aromatic carbocycles. The number of carbonyl (C=O) groups excluding carboxylic acids is 1. The van der Waals surface area contributed by atoms with E-state index in [2.05, 4.69) is 15.3 Å². The molecular weight excluding hydrogens is 349 g/mol. The average Bonchev–Trinajstić information content (AvgIpc) is 3.10. The molecule has 8 heteroatoms. The monoisotopic (exact) mass is 377 g/mol. The van der Waals surface area contributed by atoms with Gasteiger partial charge in [0.2, 0.25) is 5.91 Å². The smallest absolute Gasteiger partial charge is 0.227 e. The lowest BCUT2D eigenvalue weighted by atomic mass is 10.1. The van der Waals surface area contributed by atoms with E-state index in [-0.39, 0.29) is 30.7 Å². The number of nitrogens with zero attached hydrogens (tertiary/aromatic N) is 4. The van der Waals surface area contributed by atoms with Gasteiger partial charge in [0.15, 0.2) is 0 Å². The van der Waals surface area contributed by atoms with Crippen LogP contribution in [0.25, 0.3) is 0 Å². The van der Waals surface area contributed by atoms with Crippen LogP contribution >= 0.6 is 24.8 Å². The van der Waals surface area contributed by atoms with Crippen molar-refractivity contribution in [2.24, 2.45) is 7.05 Å². The van der Waals surface area contributed by atoms with Gasteiger partial charge < -0.3 is 10.2 Å². The molecule has 3 rings (SSSR count). The Morgan fingerprint density at radius 3 is 2.46 bits per heavy atom. The van der Waals surface area contributed by atoms with Gasteiger partial charge in [-0.1, -0.05) is 0 Å². The Morgan fingerprint density at radius 1 is 1.21 bits per heavy atom. The summed E-state index contributed by atoms with van der Waals surface area (Å²) in [5.74, 6) is 0.247. The Morgan fingerprint density at radius 2 is 1.88 bits per heavy atom. The molecule has 3 heterocycles. The van der Waals surface area contributed by atoms with Gasteiger partial charge in [0.1, 0.15) is 0 Å². The maximum Gasteiger partial charge on any atom is 0.227 e. The number of hydrogen-bond donors (Lipinski definition) is 1. The quantitative estimate of drug-likeness (QED) is 0.850. The summed E-state index contributed by atoms with van der Waals surface area (Å²) >= 11 is 0. The van der Waals surface area contributed by atoms with E-state index in [9.17, 15) is 4.79 Å². The Balaban J connectivity index is 0.00000144. The van der Waals surface area contributed by atoms with Crippen molar-refractivity contribution in [3.63, 3.8) is 0 Å². The number of likely N-dealkylation sites (tertiary alicyclic amines) is 1. The zero-order valence-corrected chi connectivity index (χ0v) is 16.4. The van der Waals surface area contributed by atoms with Crippen molar-refractivity contribution in [2.45, 2.75) is 32.7 Å². The van der Waals surface area contributed by atoms with Gasteiger partial charge in [0.25, 0.3) is 0 Å². The zero-order chi connectivity index (χ0) is 15.7. The molecule has 1 atom stereocenters. The molecule has 2 saturated heterocycles. The molecule has 2 fully saturated rings. The van der Waals surface area contributed by atoms with E-state index in [1.165, 1.54) is 0 Å². The van der Waals surface area contributed by atoms with Crippen molar-refractivity contribution in [2.75, 3.05) is 39.3 Å². The van der Waals surface area contributed by atoms with Crippen LogP contribution in [-0.2, 0) is 18.3 Å². The van der Waals surface area contributed by atoms with Crippen molar-refractivity contribution in [3.05, 3.63) is 17.0 Å².